The normalized spacial score (nSPS) is 11.8. The number of halogens is 3. The second kappa shape index (κ2) is 8.85. The molecule has 27 heavy (non-hydrogen) atoms. The van der Waals surface area contributed by atoms with Crippen LogP contribution in [0.1, 0.15) is 10.8 Å². The van der Waals surface area contributed by atoms with Gasteiger partial charge in [-0.05, 0) is 47.7 Å². The highest BCUT2D eigenvalue weighted by atomic mass is 35.5. The maximum absolute atomic E-state index is 13.0. The van der Waals surface area contributed by atoms with E-state index in [1.807, 2.05) is 0 Å². The van der Waals surface area contributed by atoms with Gasteiger partial charge in [0.05, 0.1) is 0 Å². The fourth-order valence-electron chi connectivity index (χ4n) is 2.40. The van der Waals surface area contributed by atoms with Crippen molar-refractivity contribution in [2.45, 2.75) is 10.3 Å². The average Bonchev–Trinajstić information content (AvgIpc) is 2.61. The molecule has 138 valence electrons. The molecule has 4 nitrogen and oxygen atoms in total. The monoisotopic (exact) mass is 438 g/mol. The van der Waals surface area contributed by atoms with Crippen LogP contribution in [0, 0.1) is 5.21 Å². The van der Waals surface area contributed by atoms with Crippen molar-refractivity contribution in [3.63, 3.8) is 0 Å². The van der Waals surface area contributed by atoms with E-state index in [1.54, 1.807) is 60.7 Å². The highest BCUT2D eigenvalue weighted by Gasteiger charge is 2.27. The average molecular weight is 440 g/mol. The van der Waals surface area contributed by atoms with E-state index in [1.165, 1.54) is 6.20 Å². The van der Waals surface area contributed by atoms with Gasteiger partial charge in [0, 0.05) is 32.9 Å². The van der Waals surface area contributed by atoms with Gasteiger partial charge in [0.2, 0.25) is 5.91 Å². The van der Waals surface area contributed by atoms with Crippen LogP contribution in [0.4, 0.5) is 5.69 Å². The molecule has 1 heterocycles. The minimum atomic E-state index is -0.751. The second-order valence-corrected chi connectivity index (χ2v) is 7.94. The number of pyridine rings is 1. The van der Waals surface area contributed by atoms with Crippen LogP contribution in [-0.4, -0.2) is 5.91 Å². The van der Waals surface area contributed by atoms with Gasteiger partial charge in [0.15, 0.2) is 6.20 Å². The topological polar surface area (TPSA) is 56.0 Å². The van der Waals surface area contributed by atoms with E-state index in [2.05, 4.69) is 5.32 Å². The number of aromatic nitrogens is 1. The first-order chi connectivity index (χ1) is 12.9. The number of nitrogens with one attached hydrogen (secondary N) is 1. The Morgan fingerprint density at radius 2 is 1.67 bits per heavy atom. The van der Waals surface area contributed by atoms with Crippen molar-refractivity contribution in [2.24, 2.45) is 0 Å². The van der Waals surface area contributed by atoms with Crippen LogP contribution in [0.15, 0.2) is 71.9 Å². The quantitative estimate of drug-likeness (QED) is 0.313. The van der Waals surface area contributed by atoms with E-state index >= 15 is 0 Å². The van der Waals surface area contributed by atoms with Crippen molar-refractivity contribution < 1.29 is 9.52 Å². The number of rotatable bonds is 5. The van der Waals surface area contributed by atoms with E-state index in [0.717, 1.165) is 11.8 Å². The Bertz CT molecular complexity index is 964. The van der Waals surface area contributed by atoms with E-state index in [0.29, 0.717) is 36.1 Å². The van der Waals surface area contributed by atoms with Crippen molar-refractivity contribution in [3.8, 4) is 0 Å². The van der Waals surface area contributed by atoms with Crippen LogP contribution in [0.25, 0.3) is 0 Å². The van der Waals surface area contributed by atoms with Gasteiger partial charge in [-0.1, -0.05) is 53.0 Å². The lowest BCUT2D eigenvalue weighted by atomic mass is 10.1. The molecule has 0 spiro atoms. The van der Waals surface area contributed by atoms with E-state index < -0.39 is 5.25 Å². The predicted octanol–water partition coefficient (Wildman–Crippen LogP) is 5.75. The lowest BCUT2D eigenvalue weighted by Gasteiger charge is -2.17. The van der Waals surface area contributed by atoms with E-state index in [4.69, 9.17) is 34.8 Å². The first-order valence-electron chi connectivity index (χ1n) is 7.80. The predicted molar refractivity (Wildman–Crippen MR) is 111 cm³/mol. The number of anilines is 1. The van der Waals surface area contributed by atoms with Gasteiger partial charge in [0.1, 0.15) is 5.25 Å². The van der Waals surface area contributed by atoms with Crippen LogP contribution in [0.5, 0.6) is 0 Å². The Hall–Kier alpha value is -1.92. The van der Waals surface area contributed by atoms with Gasteiger partial charge < -0.3 is 10.5 Å². The number of benzene rings is 2. The molecule has 0 saturated carbocycles. The molecule has 2 aromatic carbocycles. The highest BCUT2D eigenvalue weighted by molar-refractivity contribution is 8.00. The van der Waals surface area contributed by atoms with Crippen molar-refractivity contribution >= 4 is 58.2 Å². The number of hydrogen-bond acceptors (Lipinski definition) is 3. The van der Waals surface area contributed by atoms with Gasteiger partial charge in [-0.25, -0.2) is 0 Å². The summed E-state index contributed by atoms with van der Waals surface area (Å²) in [4.78, 5) is 13.0. The van der Waals surface area contributed by atoms with E-state index in [-0.39, 0.29) is 5.91 Å². The Kier molecular flexibility index (Phi) is 6.50. The van der Waals surface area contributed by atoms with Gasteiger partial charge in [-0.2, -0.15) is 4.73 Å². The second-order valence-electron chi connectivity index (χ2n) is 5.53. The lowest BCUT2D eigenvalue weighted by Crippen LogP contribution is -2.29. The van der Waals surface area contributed by atoms with Crippen LogP contribution < -0.4 is 10.0 Å². The first-order valence-corrected chi connectivity index (χ1v) is 9.81. The molecule has 0 aliphatic heterocycles. The van der Waals surface area contributed by atoms with Crippen LogP contribution in [0.2, 0.25) is 15.1 Å². The number of amides is 1. The number of carbonyl (C=O) groups excluding carboxylic acids is 1. The number of hydrogen-bond donors (Lipinski definition) is 1. The molecule has 1 unspecified atom stereocenters. The number of carbonyl (C=O) groups is 1. The summed E-state index contributed by atoms with van der Waals surface area (Å²) in [5.74, 6) is -0.352. The molecular formula is C19H13Cl3N2O2S. The summed E-state index contributed by atoms with van der Waals surface area (Å²) in [6, 6.07) is 16.8. The maximum atomic E-state index is 13.0. The molecule has 0 bridgehead atoms. The number of thioether (sulfide) groups is 1. The molecule has 0 radical (unpaired) electrons. The third kappa shape index (κ3) is 5.08. The molecule has 1 N–H and O–H groups in total. The van der Waals surface area contributed by atoms with Crippen molar-refractivity contribution in [2.75, 3.05) is 5.32 Å². The van der Waals surface area contributed by atoms with Crippen LogP contribution >= 0.6 is 46.6 Å². The van der Waals surface area contributed by atoms with E-state index in [9.17, 15) is 10.0 Å². The lowest BCUT2D eigenvalue weighted by molar-refractivity contribution is -0.645. The summed E-state index contributed by atoms with van der Waals surface area (Å²) < 4.78 is 0.706. The third-order valence-electron chi connectivity index (χ3n) is 3.58. The summed E-state index contributed by atoms with van der Waals surface area (Å²) in [6.45, 7) is 0. The molecule has 3 rings (SSSR count). The summed E-state index contributed by atoms with van der Waals surface area (Å²) in [5, 5.41) is 15.7. The largest absolute Gasteiger partial charge is 0.618 e. The molecule has 3 aromatic rings. The minimum Gasteiger partial charge on any atom is -0.618 e. The molecule has 1 aromatic heterocycles. The fraction of sp³-hybridized carbons (Fsp3) is 0.0526. The number of nitrogens with zero attached hydrogens (tertiary/aromatic N) is 1. The Balaban J connectivity index is 1.95. The highest BCUT2D eigenvalue weighted by Crippen LogP contribution is 2.38. The van der Waals surface area contributed by atoms with Gasteiger partial charge in [-0.15, -0.1) is 0 Å². The molecule has 0 saturated heterocycles. The van der Waals surface area contributed by atoms with Crippen molar-refractivity contribution in [1.82, 2.24) is 0 Å². The fourth-order valence-corrected chi connectivity index (χ4v) is 4.30. The van der Waals surface area contributed by atoms with Crippen LogP contribution in [-0.2, 0) is 4.79 Å². The Morgan fingerprint density at radius 1 is 1.00 bits per heavy atom. The Morgan fingerprint density at radius 3 is 2.33 bits per heavy atom. The molecule has 8 heteroatoms. The van der Waals surface area contributed by atoms with Crippen molar-refractivity contribution in [3.05, 3.63) is 92.7 Å². The standard InChI is InChI=1S/C19H13Cl3N2O2S/c20-12-9-13(21)11-14(10-12)23-19(25)18(15-5-1-2-6-16(15)22)27-17-7-3-4-8-24(17)26/h1-11,18H,(H,23,25). The minimum absolute atomic E-state index is 0.352. The Labute approximate surface area is 175 Å². The molecule has 0 aliphatic rings. The molecule has 1 amide bonds. The van der Waals surface area contributed by atoms with Crippen LogP contribution in [0.3, 0.4) is 0 Å². The first kappa shape index (κ1) is 19.8. The zero-order valence-corrected chi connectivity index (χ0v) is 16.8. The molecular weight excluding hydrogens is 427 g/mol. The van der Waals surface area contributed by atoms with Gasteiger partial charge in [0.25, 0.3) is 5.03 Å². The third-order valence-corrected chi connectivity index (χ3v) is 5.62. The SMILES string of the molecule is O=C(Nc1cc(Cl)cc(Cl)c1)C(Sc1cccc[n+]1[O-])c1ccccc1Cl. The zero-order valence-electron chi connectivity index (χ0n) is 13.7. The smallest absolute Gasteiger partial charge is 0.252 e. The molecule has 0 aliphatic carbocycles. The van der Waals surface area contributed by atoms with Crippen molar-refractivity contribution in [1.29, 1.82) is 0 Å². The maximum Gasteiger partial charge on any atom is 0.252 e. The van der Waals surface area contributed by atoms with Gasteiger partial charge in [-0.3, -0.25) is 4.79 Å². The summed E-state index contributed by atoms with van der Waals surface area (Å²) in [5.41, 5.74) is 1.05. The molecule has 0 fully saturated rings. The zero-order chi connectivity index (χ0) is 19.4. The summed E-state index contributed by atoms with van der Waals surface area (Å²) in [6.07, 6.45) is 1.38. The van der Waals surface area contributed by atoms with Gasteiger partial charge >= 0.3 is 0 Å². The molecule has 1 atom stereocenters. The summed E-state index contributed by atoms with van der Waals surface area (Å²) >= 11 is 19.4. The summed E-state index contributed by atoms with van der Waals surface area (Å²) in [7, 11) is 0.